The van der Waals surface area contributed by atoms with Crippen LogP contribution in [0.4, 0.5) is 5.00 Å². The maximum absolute atomic E-state index is 13.0. The number of esters is 1. The lowest BCUT2D eigenvalue weighted by molar-refractivity contribution is -0.112. The Morgan fingerprint density at radius 3 is 2.53 bits per heavy atom. The fraction of sp³-hybridized carbons (Fsp3) is 0.276. The summed E-state index contributed by atoms with van der Waals surface area (Å²) in [4.78, 5) is 26.4. The zero-order valence-corrected chi connectivity index (χ0v) is 23.2. The van der Waals surface area contributed by atoms with Gasteiger partial charge in [0.05, 0.1) is 18.8 Å². The lowest BCUT2D eigenvalue weighted by Crippen LogP contribution is -2.15. The summed E-state index contributed by atoms with van der Waals surface area (Å²) in [6.45, 7) is 8.46. The van der Waals surface area contributed by atoms with Crippen LogP contribution in [0.15, 0.2) is 54.1 Å². The van der Waals surface area contributed by atoms with E-state index in [1.165, 1.54) is 17.4 Å². The second-order valence-electron chi connectivity index (χ2n) is 8.45. The van der Waals surface area contributed by atoms with E-state index in [0.29, 0.717) is 40.3 Å². The number of rotatable bonds is 11. The quantitative estimate of drug-likeness (QED) is 0.153. The third kappa shape index (κ3) is 7.60. The van der Waals surface area contributed by atoms with Crippen molar-refractivity contribution in [3.8, 4) is 17.6 Å². The molecule has 2 aromatic carbocycles. The summed E-state index contributed by atoms with van der Waals surface area (Å²) >= 11 is 7.34. The second-order valence-corrected chi connectivity index (χ2v) is 9.97. The highest BCUT2D eigenvalue weighted by Gasteiger charge is 2.21. The highest BCUT2D eigenvalue weighted by atomic mass is 35.5. The van der Waals surface area contributed by atoms with Gasteiger partial charge in [0.15, 0.2) is 11.5 Å². The predicted molar refractivity (Wildman–Crippen MR) is 150 cm³/mol. The van der Waals surface area contributed by atoms with Crippen LogP contribution in [0, 0.1) is 11.3 Å². The molecule has 38 heavy (non-hydrogen) atoms. The number of hydrogen-bond acceptors (Lipinski definition) is 7. The fourth-order valence-electron chi connectivity index (χ4n) is 3.42. The van der Waals surface area contributed by atoms with Gasteiger partial charge in [0.2, 0.25) is 0 Å². The van der Waals surface area contributed by atoms with Crippen LogP contribution >= 0.6 is 22.9 Å². The number of amides is 1. The van der Waals surface area contributed by atoms with E-state index in [9.17, 15) is 14.9 Å². The van der Waals surface area contributed by atoms with Crippen molar-refractivity contribution in [1.29, 1.82) is 5.26 Å². The van der Waals surface area contributed by atoms with Crippen LogP contribution in [0.3, 0.4) is 0 Å². The first-order valence-corrected chi connectivity index (χ1v) is 13.3. The fourth-order valence-corrected chi connectivity index (χ4v) is 4.68. The Bertz CT molecular complexity index is 1370. The minimum absolute atomic E-state index is 0.130. The van der Waals surface area contributed by atoms with Crippen molar-refractivity contribution < 1.29 is 23.8 Å². The minimum atomic E-state index is -0.630. The van der Waals surface area contributed by atoms with E-state index >= 15 is 0 Å². The van der Waals surface area contributed by atoms with E-state index in [-0.39, 0.29) is 23.7 Å². The Morgan fingerprint density at radius 2 is 1.87 bits per heavy atom. The van der Waals surface area contributed by atoms with E-state index in [4.69, 9.17) is 25.8 Å². The summed E-state index contributed by atoms with van der Waals surface area (Å²) in [6.07, 6.45) is 1.46. The van der Waals surface area contributed by atoms with Crippen molar-refractivity contribution >= 4 is 45.9 Å². The molecule has 0 unspecified atom stereocenters. The van der Waals surface area contributed by atoms with E-state index in [0.717, 1.165) is 10.4 Å². The van der Waals surface area contributed by atoms with Gasteiger partial charge in [-0.2, -0.15) is 5.26 Å². The second kappa shape index (κ2) is 13.7. The number of benzene rings is 2. The monoisotopic (exact) mass is 552 g/mol. The summed E-state index contributed by atoms with van der Waals surface area (Å²) < 4.78 is 16.8. The summed E-state index contributed by atoms with van der Waals surface area (Å²) in [7, 11) is 0. The molecular formula is C29H29ClN2O5S. The molecule has 3 aromatic rings. The van der Waals surface area contributed by atoms with Crippen LogP contribution in [-0.2, 0) is 16.1 Å². The van der Waals surface area contributed by atoms with Crippen LogP contribution < -0.4 is 14.8 Å². The number of ether oxygens (including phenoxy) is 3. The molecule has 3 rings (SSSR count). The maximum Gasteiger partial charge on any atom is 0.341 e. The molecule has 1 amide bonds. The molecule has 0 bridgehead atoms. The van der Waals surface area contributed by atoms with Crippen LogP contribution in [0.1, 0.15) is 60.0 Å². The Hall–Kier alpha value is -3.80. The van der Waals surface area contributed by atoms with Crippen molar-refractivity contribution in [3.05, 3.63) is 80.7 Å². The predicted octanol–water partition coefficient (Wildman–Crippen LogP) is 7.22. The first kappa shape index (κ1) is 28.8. The van der Waals surface area contributed by atoms with E-state index < -0.39 is 11.9 Å². The van der Waals surface area contributed by atoms with Crippen molar-refractivity contribution in [2.45, 2.75) is 40.2 Å². The van der Waals surface area contributed by atoms with Crippen molar-refractivity contribution in [2.75, 3.05) is 18.5 Å². The normalized spacial score (nSPS) is 11.1. The average molecular weight is 553 g/mol. The summed E-state index contributed by atoms with van der Waals surface area (Å²) in [6, 6.07) is 16.2. The van der Waals surface area contributed by atoms with Gasteiger partial charge in [-0.3, -0.25) is 4.79 Å². The molecule has 0 aliphatic rings. The Labute approximate surface area is 231 Å². The standard InChI is InChI=1S/C29H29ClN2O5S/c1-5-35-25-14-19(10-11-24(25)37-17-20-8-7-9-22(30)13-20)12-21(16-31)27(33)32-28-23(29(34)36-6-2)15-26(38-28)18(3)4/h7-15,18H,5-6,17H2,1-4H3,(H,32,33)/b21-12+. The molecule has 1 heterocycles. The number of thiophene rings is 1. The Morgan fingerprint density at radius 1 is 1.08 bits per heavy atom. The van der Waals surface area contributed by atoms with Crippen LogP contribution in [0.25, 0.3) is 6.08 Å². The molecule has 0 spiro atoms. The number of anilines is 1. The highest BCUT2D eigenvalue weighted by Crippen LogP contribution is 2.34. The van der Waals surface area contributed by atoms with E-state index in [2.05, 4.69) is 5.32 Å². The zero-order valence-electron chi connectivity index (χ0n) is 21.7. The average Bonchev–Trinajstić information content (AvgIpc) is 3.31. The van der Waals surface area contributed by atoms with Gasteiger partial charge >= 0.3 is 5.97 Å². The maximum atomic E-state index is 13.0. The lowest BCUT2D eigenvalue weighted by atomic mass is 10.1. The minimum Gasteiger partial charge on any atom is -0.490 e. The molecule has 0 saturated carbocycles. The van der Waals surface area contributed by atoms with Crippen molar-refractivity contribution in [1.82, 2.24) is 0 Å². The molecule has 0 aliphatic carbocycles. The molecule has 1 N–H and O–H groups in total. The smallest absolute Gasteiger partial charge is 0.341 e. The first-order valence-electron chi connectivity index (χ1n) is 12.1. The third-order valence-corrected chi connectivity index (χ3v) is 6.86. The number of nitrogens with zero attached hydrogens (tertiary/aromatic N) is 1. The van der Waals surface area contributed by atoms with Crippen LogP contribution in [0.2, 0.25) is 5.02 Å². The summed E-state index contributed by atoms with van der Waals surface area (Å²) in [5, 5.41) is 13.4. The molecule has 0 fully saturated rings. The molecule has 0 atom stereocenters. The molecule has 0 radical (unpaired) electrons. The van der Waals surface area contributed by atoms with Gasteiger partial charge in [-0.25, -0.2) is 4.79 Å². The van der Waals surface area contributed by atoms with Crippen molar-refractivity contribution in [2.24, 2.45) is 0 Å². The number of nitrogens with one attached hydrogen (secondary N) is 1. The van der Waals surface area contributed by atoms with Gasteiger partial charge in [0, 0.05) is 9.90 Å². The first-order chi connectivity index (χ1) is 18.2. The van der Waals surface area contributed by atoms with Gasteiger partial charge in [0.1, 0.15) is 23.3 Å². The largest absolute Gasteiger partial charge is 0.490 e. The van der Waals surface area contributed by atoms with Gasteiger partial charge in [-0.15, -0.1) is 11.3 Å². The molecular weight excluding hydrogens is 524 g/mol. The van der Waals surface area contributed by atoms with Gasteiger partial charge < -0.3 is 19.5 Å². The van der Waals surface area contributed by atoms with E-state index in [1.54, 1.807) is 37.3 Å². The van der Waals surface area contributed by atoms with Crippen LogP contribution in [0.5, 0.6) is 11.5 Å². The van der Waals surface area contributed by atoms with Crippen LogP contribution in [-0.4, -0.2) is 25.1 Å². The number of hydrogen-bond donors (Lipinski definition) is 1. The van der Waals surface area contributed by atoms with Gasteiger partial charge in [-0.05, 0) is 67.3 Å². The molecule has 0 saturated heterocycles. The molecule has 9 heteroatoms. The number of carbonyl (C=O) groups excluding carboxylic acids is 2. The Balaban J connectivity index is 1.83. The summed E-state index contributed by atoms with van der Waals surface area (Å²) in [5.74, 6) is -0.00442. The molecule has 0 aliphatic heterocycles. The number of halogens is 1. The van der Waals surface area contributed by atoms with Gasteiger partial charge in [-0.1, -0.05) is 43.6 Å². The van der Waals surface area contributed by atoms with Crippen molar-refractivity contribution in [3.63, 3.8) is 0 Å². The topological polar surface area (TPSA) is 97.7 Å². The lowest BCUT2D eigenvalue weighted by Gasteiger charge is -2.13. The zero-order chi connectivity index (χ0) is 27.7. The SMILES string of the molecule is CCOC(=O)c1cc(C(C)C)sc1NC(=O)/C(C#N)=C/c1ccc(OCc2cccc(Cl)c2)c(OCC)c1. The molecule has 1 aromatic heterocycles. The van der Waals surface area contributed by atoms with Gasteiger partial charge in [0.25, 0.3) is 5.91 Å². The molecule has 7 nitrogen and oxygen atoms in total. The summed E-state index contributed by atoms with van der Waals surface area (Å²) in [5.41, 5.74) is 1.62. The number of nitriles is 1. The Kier molecular flexibility index (Phi) is 10.3. The van der Waals surface area contributed by atoms with E-state index in [1.807, 2.05) is 45.0 Å². The highest BCUT2D eigenvalue weighted by molar-refractivity contribution is 7.16. The number of carbonyl (C=O) groups is 2. The third-order valence-electron chi connectivity index (χ3n) is 5.27. The molecule has 198 valence electrons.